The van der Waals surface area contributed by atoms with Gasteiger partial charge in [-0.05, 0) is 25.8 Å². The van der Waals surface area contributed by atoms with Gasteiger partial charge in [0.25, 0.3) is 0 Å². The lowest BCUT2D eigenvalue weighted by molar-refractivity contribution is -0.139. The van der Waals surface area contributed by atoms with Gasteiger partial charge in [-0.3, -0.25) is 4.99 Å². The molecule has 1 N–H and O–H groups in total. The third kappa shape index (κ3) is 4.17. The molecule has 0 saturated heterocycles. The van der Waals surface area contributed by atoms with Gasteiger partial charge in [0.05, 0.1) is 23.8 Å². The number of benzene rings is 1. The Bertz CT molecular complexity index is 781. The Kier molecular flexibility index (Phi) is 5.62. The fourth-order valence-corrected chi connectivity index (χ4v) is 2.01. The molecule has 2 rings (SSSR count). The van der Waals surface area contributed by atoms with Crippen molar-refractivity contribution in [2.45, 2.75) is 32.0 Å². The van der Waals surface area contributed by atoms with Gasteiger partial charge in [0, 0.05) is 6.21 Å². The number of carbonyl (C=O) groups is 1. The van der Waals surface area contributed by atoms with Crippen LogP contribution in [0.5, 0.6) is 0 Å². The third-order valence-corrected chi connectivity index (χ3v) is 3.42. The van der Waals surface area contributed by atoms with Gasteiger partial charge in [0.1, 0.15) is 11.3 Å². The molecule has 0 radical (unpaired) electrons. The van der Waals surface area contributed by atoms with Crippen LogP contribution in [0.3, 0.4) is 0 Å². The van der Waals surface area contributed by atoms with Crippen LogP contribution in [0, 0.1) is 17.5 Å². The Balaban J connectivity index is 2.72. The number of alkyl halides is 3. The van der Waals surface area contributed by atoms with Gasteiger partial charge in [-0.25, -0.2) is 18.0 Å². The van der Waals surface area contributed by atoms with Crippen LogP contribution in [0.1, 0.15) is 30.9 Å². The summed E-state index contributed by atoms with van der Waals surface area (Å²) in [5, 5.41) is 10.1. The van der Waals surface area contributed by atoms with Crippen molar-refractivity contribution >= 4 is 17.9 Å². The summed E-state index contributed by atoms with van der Waals surface area (Å²) in [5.41, 5.74) is -4.57. The first kappa shape index (κ1) is 19.8. The SMILES string of the molecule is CCOC(=O)C(C=NC1CC1)=C(O)c1c(C(F)(F)F)cc(F)c(F)c1F. The summed E-state index contributed by atoms with van der Waals surface area (Å²) in [6.45, 7) is 1.20. The minimum Gasteiger partial charge on any atom is -0.506 e. The summed E-state index contributed by atoms with van der Waals surface area (Å²) in [6, 6.07) is -0.491. The fourth-order valence-electron chi connectivity index (χ4n) is 2.01. The topological polar surface area (TPSA) is 58.9 Å². The van der Waals surface area contributed by atoms with Crippen molar-refractivity contribution in [2.75, 3.05) is 6.61 Å². The van der Waals surface area contributed by atoms with E-state index >= 15 is 0 Å². The zero-order valence-corrected chi connectivity index (χ0v) is 13.3. The van der Waals surface area contributed by atoms with Gasteiger partial charge in [0.2, 0.25) is 0 Å². The van der Waals surface area contributed by atoms with E-state index in [1.807, 2.05) is 0 Å². The number of esters is 1. The molecular formula is C16H13F6NO3. The average Bonchev–Trinajstić information content (AvgIpc) is 3.36. The lowest BCUT2D eigenvalue weighted by atomic mass is 10.0. The van der Waals surface area contributed by atoms with Crippen LogP contribution in [0.4, 0.5) is 26.3 Å². The van der Waals surface area contributed by atoms with E-state index < -0.39 is 52.1 Å². The largest absolute Gasteiger partial charge is 0.506 e. The van der Waals surface area contributed by atoms with Crippen molar-refractivity contribution < 1.29 is 41.0 Å². The van der Waals surface area contributed by atoms with Crippen molar-refractivity contribution in [3.8, 4) is 0 Å². The van der Waals surface area contributed by atoms with Crippen LogP contribution < -0.4 is 0 Å². The average molecular weight is 381 g/mol. The van der Waals surface area contributed by atoms with Gasteiger partial charge < -0.3 is 9.84 Å². The molecular weight excluding hydrogens is 368 g/mol. The van der Waals surface area contributed by atoms with E-state index in [0.717, 1.165) is 6.21 Å². The van der Waals surface area contributed by atoms with Crippen molar-refractivity contribution in [2.24, 2.45) is 4.99 Å². The van der Waals surface area contributed by atoms with Crippen LogP contribution in [-0.4, -0.2) is 29.9 Å². The molecule has 0 aromatic heterocycles. The van der Waals surface area contributed by atoms with Gasteiger partial charge in [-0.15, -0.1) is 0 Å². The zero-order valence-electron chi connectivity index (χ0n) is 13.3. The second kappa shape index (κ2) is 7.38. The number of ether oxygens (including phenoxy) is 1. The van der Waals surface area contributed by atoms with E-state index in [1.54, 1.807) is 0 Å². The highest BCUT2D eigenvalue weighted by Gasteiger charge is 2.39. The first-order valence-corrected chi connectivity index (χ1v) is 7.46. The molecule has 0 heterocycles. The molecule has 0 unspecified atom stereocenters. The summed E-state index contributed by atoms with van der Waals surface area (Å²) in [6.07, 6.45) is -3.25. The number of carbonyl (C=O) groups excluding carboxylic acids is 1. The molecule has 10 heteroatoms. The molecule has 0 amide bonds. The Morgan fingerprint density at radius 1 is 1.31 bits per heavy atom. The molecule has 1 fully saturated rings. The molecule has 1 saturated carbocycles. The van der Waals surface area contributed by atoms with Crippen LogP contribution in [0.15, 0.2) is 16.6 Å². The van der Waals surface area contributed by atoms with Gasteiger partial charge >= 0.3 is 12.1 Å². The number of aliphatic hydroxyl groups is 1. The van der Waals surface area contributed by atoms with E-state index in [1.165, 1.54) is 6.92 Å². The van der Waals surface area contributed by atoms with Gasteiger partial charge in [0.15, 0.2) is 17.5 Å². The highest BCUT2D eigenvalue weighted by atomic mass is 19.4. The predicted octanol–water partition coefficient (Wildman–Crippen LogP) is 4.19. The maximum Gasteiger partial charge on any atom is 0.417 e. The molecule has 26 heavy (non-hydrogen) atoms. The van der Waals surface area contributed by atoms with Gasteiger partial charge in [-0.2, -0.15) is 13.2 Å². The van der Waals surface area contributed by atoms with Crippen molar-refractivity contribution in [1.29, 1.82) is 0 Å². The van der Waals surface area contributed by atoms with Crippen molar-refractivity contribution in [1.82, 2.24) is 0 Å². The number of aliphatic hydroxyl groups excluding tert-OH is 1. The summed E-state index contributed by atoms with van der Waals surface area (Å²) in [5.74, 6) is -9.42. The van der Waals surface area contributed by atoms with E-state index in [9.17, 15) is 36.2 Å². The highest BCUT2D eigenvalue weighted by molar-refractivity contribution is 6.15. The van der Waals surface area contributed by atoms with E-state index in [4.69, 9.17) is 0 Å². The van der Waals surface area contributed by atoms with Crippen LogP contribution in [-0.2, 0) is 15.7 Å². The number of nitrogens with zero attached hydrogens (tertiary/aromatic N) is 1. The molecule has 142 valence electrons. The number of rotatable bonds is 5. The third-order valence-electron chi connectivity index (χ3n) is 3.42. The van der Waals surface area contributed by atoms with Crippen LogP contribution >= 0.6 is 0 Å². The molecule has 0 spiro atoms. The fraction of sp³-hybridized carbons (Fsp3) is 0.375. The van der Waals surface area contributed by atoms with Crippen molar-refractivity contribution in [3.05, 3.63) is 40.2 Å². The second-order valence-corrected chi connectivity index (χ2v) is 5.40. The molecule has 0 atom stereocenters. The van der Waals surface area contributed by atoms with Crippen molar-refractivity contribution in [3.63, 3.8) is 0 Å². The number of hydrogen-bond donors (Lipinski definition) is 1. The number of halogens is 6. The normalized spacial score (nSPS) is 16.0. The minimum absolute atomic E-state index is 0.191. The minimum atomic E-state index is -5.33. The molecule has 1 aliphatic carbocycles. The van der Waals surface area contributed by atoms with E-state index in [-0.39, 0.29) is 18.7 Å². The smallest absolute Gasteiger partial charge is 0.417 e. The van der Waals surface area contributed by atoms with Crippen LogP contribution in [0.25, 0.3) is 5.76 Å². The highest BCUT2D eigenvalue weighted by Crippen LogP contribution is 2.38. The Labute approximate surface area is 143 Å². The quantitative estimate of drug-likeness (QED) is 0.208. The zero-order chi connectivity index (χ0) is 19.6. The maximum atomic E-state index is 14.0. The van der Waals surface area contributed by atoms with Crippen LogP contribution in [0.2, 0.25) is 0 Å². The predicted molar refractivity (Wildman–Crippen MR) is 79.0 cm³/mol. The first-order valence-electron chi connectivity index (χ1n) is 7.46. The molecule has 0 aliphatic heterocycles. The lowest BCUT2D eigenvalue weighted by Gasteiger charge is -2.15. The molecule has 0 bridgehead atoms. The summed E-state index contributed by atoms with van der Waals surface area (Å²) in [4.78, 5) is 15.7. The number of hydrogen-bond acceptors (Lipinski definition) is 4. The molecule has 1 aromatic carbocycles. The monoisotopic (exact) mass is 381 g/mol. The lowest BCUT2D eigenvalue weighted by Crippen LogP contribution is -2.17. The molecule has 4 nitrogen and oxygen atoms in total. The first-order chi connectivity index (χ1) is 12.1. The summed E-state index contributed by atoms with van der Waals surface area (Å²) < 4.78 is 84.6. The van der Waals surface area contributed by atoms with E-state index in [0.29, 0.717) is 12.8 Å². The Hall–Kier alpha value is -2.52. The molecule has 1 aliphatic rings. The standard InChI is InChI=1S/C16H13F6NO3/c1-2-26-15(25)8(6-23-7-3-4-7)14(24)11-9(16(20,21)22)5-10(17)12(18)13(11)19/h5-7,24H,2-4H2,1H3. The Morgan fingerprint density at radius 2 is 1.92 bits per heavy atom. The Morgan fingerprint density at radius 3 is 2.42 bits per heavy atom. The summed E-state index contributed by atoms with van der Waals surface area (Å²) >= 11 is 0. The number of aliphatic imine (C=N–C) groups is 1. The summed E-state index contributed by atoms with van der Waals surface area (Å²) in [7, 11) is 0. The maximum absolute atomic E-state index is 14.0. The van der Waals surface area contributed by atoms with E-state index in [2.05, 4.69) is 9.73 Å². The second-order valence-electron chi connectivity index (χ2n) is 5.40. The van der Waals surface area contributed by atoms with Gasteiger partial charge in [-0.1, -0.05) is 0 Å². The molecule has 1 aromatic rings.